The lowest BCUT2D eigenvalue weighted by Crippen LogP contribution is -2.14. The smallest absolute Gasteiger partial charge is 0.177 e. The van der Waals surface area contributed by atoms with Crippen LogP contribution >= 0.6 is 0 Å². The number of nitrogens with zero attached hydrogens (tertiary/aromatic N) is 1. The van der Waals surface area contributed by atoms with Crippen LogP contribution in [0.4, 0.5) is 0 Å². The van der Waals surface area contributed by atoms with E-state index in [4.69, 9.17) is 0 Å². The minimum absolute atomic E-state index is 1.11. The van der Waals surface area contributed by atoms with Crippen LogP contribution in [-0.2, 0) is 0 Å². The third-order valence-electron chi connectivity index (χ3n) is 1.10. The standard InChI is InChI=1S/C6H10N/c1-3-7-4-6(2)5-7/h4-5H,3H2,1-2H3/q+1. The molecule has 0 spiro atoms. The van der Waals surface area contributed by atoms with Crippen LogP contribution in [0.2, 0.25) is 0 Å². The fourth-order valence-corrected chi connectivity index (χ4v) is 0.694. The van der Waals surface area contributed by atoms with Crippen molar-refractivity contribution in [1.82, 2.24) is 0 Å². The molecule has 0 aromatic heterocycles. The lowest BCUT2D eigenvalue weighted by molar-refractivity contribution is -0.459. The summed E-state index contributed by atoms with van der Waals surface area (Å²) in [5.74, 6) is 0. The van der Waals surface area contributed by atoms with Crippen LogP contribution in [0.15, 0.2) is 11.8 Å². The van der Waals surface area contributed by atoms with Gasteiger partial charge in [0.05, 0.1) is 5.57 Å². The van der Waals surface area contributed by atoms with Gasteiger partial charge in [0.2, 0.25) is 0 Å². The minimum atomic E-state index is 1.11. The molecule has 0 aromatic carbocycles. The third-order valence-corrected chi connectivity index (χ3v) is 1.10. The molecule has 0 aliphatic carbocycles. The quantitative estimate of drug-likeness (QED) is 0.428. The fraction of sp³-hybridized carbons (Fsp3) is 0.500. The number of hydrogen-bond acceptors (Lipinski definition) is 0. The average molecular weight is 96.2 g/mol. The van der Waals surface area contributed by atoms with Gasteiger partial charge in [0.1, 0.15) is 6.54 Å². The highest BCUT2D eigenvalue weighted by molar-refractivity contribution is 5.76. The second kappa shape index (κ2) is 1.49. The first kappa shape index (κ1) is 4.57. The van der Waals surface area contributed by atoms with Gasteiger partial charge >= 0.3 is 0 Å². The molecule has 1 aliphatic heterocycles. The van der Waals surface area contributed by atoms with E-state index >= 15 is 0 Å². The van der Waals surface area contributed by atoms with Crippen molar-refractivity contribution in [3.05, 3.63) is 11.8 Å². The normalized spacial score (nSPS) is 17.4. The van der Waals surface area contributed by atoms with Gasteiger partial charge in [-0.3, -0.25) is 0 Å². The molecule has 0 fully saturated rings. The Bertz CT molecular complexity index is 131. The van der Waals surface area contributed by atoms with E-state index in [1.54, 1.807) is 0 Å². The lowest BCUT2D eigenvalue weighted by Gasteiger charge is -1.99. The van der Waals surface area contributed by atoms with Gasteiger partial charge in [0, 0.05) is 0 Å². The second-order valence-corrected chi connectivity index (χ2v) is 1.83. The molecule has 1 rings (SSSR count). The summed E-state index contributed by atoms with van der Waals surface area (Å²) in [7, 11) is 0. The molecule has 1 heterocycles. The molecular formula is C6H10N+. The molecule has 1 nitrogen and oxygen atoms in total. The molecule has 1 heteroatoms. The summed E-state index contributed by atoms with van der Waals surface area (Å²) in [6.45, 7) is 5.35. The molecule has 38 valence electrons. The Hall–Kier alpha value is -0.590. The van der Waals surface area contributed by atoms with Gasteiger partial charge in [-0.25, -0.2) is 4.58 Å². The zero-order valence-corrected chi connectivity index (χ0v) is 4.81. The monoisotopic (exact) mass is 96.1 g/mol. The van der Waals surface area contributed by atoms with E-state index in [1.165, 1.54) is 5.57 Å². The Morgan fingerprint density at radius 1 is 1.71 bits per heavy atom. The Morgan fingerprint density at radius 3 is 2.43 bits per heavy atom. The summed E-state index contributed by atoms with van der Waals surface area (Å²) in [4.78, 5) is 0. The SMILES string of the molecule is CC[N+]1=CC(C)=C1. The summed E-state index contributed by atoms with van der Waals surface area (Å²) in [5, 5.41) is 0. The van der Waals surface area contributed by atoms with E-state index in [2.05, 4.69) is 30.8 Å². The molecule has 0 aromatic rings. The first-order valence-electron chi connectivity index (χ1n) is 2.62. The first-order chi connectivity index (χ1) is 3.33. The Labute approximate surface area is 44.0 Å². The molecule has 7 heavy (non-hydrogen) atoms. The van der Waals surface area contributed by atoms with E-state index in [0.717, 1.165) is 6.54 Å². The molecule has 0 saturated heterocycles. The van der Waals surface area contributed by atoms with Gasteiger partial charge in [-0.1, -0.05) is 0 Å². The van der Waals surface area contributed by atoms with Crippen molar-refractivity contribution < 1.29 is 4.58 Å². The maximum Gasteiger partial charge on any atom is 0.177 e. The number of rotatable bonds is 1. The van der Waals surface area contributed by atoms with E-state index in [1.807, 2.05) is 0 Å². The Morgan fingerprint density at radius 2 is 2.29 bits per heavy atom. The molecule has 0 amide bonds. The highest BCUT2D eigenvalue weighted by Gasteiger charge is 2.07. The fourth-order valence-electron chi connectivity index (χ4n) is 0.694. The zero-order chi connectivity index (χ0) is 5.28. The maximum atomic E-state index is 2.16. The number of allylic oxidation sites excluding steroid dienone is 1. The molecule has 0 N–H and O–H groups in total. The van der Waals surface area contributed by atoms with Crippen molar-refractivity contribution >= 4 is 6.21 Å². The minimum Gasteiger partial charge on any atom is -0.204 e. The highest BCUT2D eigenvalue weighted by atomic mass is 15.0. The van der Waals surface area contributed by atoms with E-state index in [0.29, 0.717) is 0 Å². The Balaban J connectivity index is 2.41. The third kappa shape index (κ3) is 0.710. The van der Waals surface area contributed by atoms with E-state index < -0.39 is 0 Å². The topological polar surface area (TPSA) is 3.01 Å². The van der Waals surface area contributed by atoms with Crippen LogP contribution in [-0.4, -0.2) is 17.3 Å². The summed E-state index contributed by atoms with van der Waals surface area (Å²) < 4.78 is 2.16. The first-order valence-corrected chi connectivity index (χ1v) is 2.62. The summed E-state index contributed by atoms with van der Waals surface area (Å²) in [5.41, 5.74) is 1.38. The van der Waals surface area contributed by atoms with Gasteiger partial charge in [0.25, 0.3) is 0 Å². The molecule has 1 aliphatic rings. The molecule has 0 radical (unpaired) electrons. The largest absolute Gasteiger partial charge is 0.204 e. The van der Waals surface area contributed by atoms with Crippen LogP contribution in [0.1, 0.15) is 13.8 Å². The van der Waals surface area contributed by atoms with Crippen LogP contribution in [0.3, 0.4) is 0 Å². The molecule has 0 saturated carbocycles. The molecular weight excluding hydrogens is 86.1 g/mol. The van der Waals surface area contributed by atoms with Crippen molar-refractivity contribution in [2.75, 3.05) is 6.54 Å². The second-order valence-electron chi connectivity index (χ2n) is 1.83. The molecule has 0 atom stereocenters. The molecule has 0 unspecified atom stereocenters. The van der Waals surface area contributed by atoms with Crippen molar-refractivity contribution in [1.29, 1.82) is 0 Å². The maximum absolute atomic E-state index is 2.16. The van der Waals surface area contributed by atoms with Crippen molar-refractivity contribution in [2.24, 2.45) is 0 Å². The van der Waals surface area contributed by atoms with Gasteiger partial charge < -0.3 is 0 Å². The van der Waals surface area contributed by atoms with Crippen molar-refractivity contribution in [3.63, 3.8) is 0 Å². The van der Waals surface area contributed by atoms with Gasteiger partial charge in [0.15, 0.2) is 12.4 Å². The van der Waals surface area contributed by atoms with Gasteiger partial charge in [-0.2, -0.15) is 0 Å². The van der Waals surface area contributed by atoms with Crippen LogP contribution in [0.5, 0.6) is 0 Å². The summed E-state index contributed by atoms with van der Waals surface area (Å²) >= 11 is 0. The predicted octanol–water partition coefficient (Wildman–Crippen LogP) is 1.01. The van der Waals surface area contributed by atoms with Crippen LogP contribution < -0.4 is 0 Å². The van der Waals surface area contributed by atoms with E-state index in [9.17, 15) is 0 Å². The highest BCUT2D eigenvalue weighted by Crippen LogP contribution is 1.97. The Kier molecular flexibility index (Phi) is 0.970. The molecule has 0 bridgehead atoms. The van der Waals surface area contributed by atoms with Crippen molar-refractivity contribution in [3.8, 4) is 0 Å². The summed E-state index contributed by atoms with van der Waals surface area (Å²) in [6.07, 6.45) is 4.28. The lowest BCUT2D eigenvalue weighted by atomic mass is 10.3. The van der Waals surface area contributed by atoms with Crippen molar-refractivity contribution in [2.45, 2.75) is 13.8 Å². The van der Waals surface area contributed by atoms with Gasteiger partial charge in [-0.05, 0) is 13.8 Å². The van der Waals surface area contributed by atoms with E-state index in [-0.39, 0.29) is 0 Å². The van der Waals surface area contributed by atoms with Gasteiger partial charge in [-0.15, -0.1) is 0 Å². The van der Waals surface area contributed by atoms with Crippen LogP contribution in [0.25, 0.3) is 0 Å². The number of hydrogen-bond donors (Lipinski definition) is 0. The predicted molar refractivity (Wildman–Crippen MR) is 30.6 cm³/mol. The summed E-state index contributed by atoms with van der Waals surface area (Å²) in [6, 6.07) is 0. The van der Waals surface area contributed by atoms with Crippen LogP contribution in [0, 0.1) is 0 Å². The average Bonchev–Trinajstić information content (AvgIpc) is 1.58. The zero-order valence-electron chi connectivity index (χ0n) is 4.81.